The molecular weight excluding hydrogens is 467 g/mol. The van der Waals surface area contributed by atoms with Gasteiger partial charge in [0, 0.05) is 50.9 Å². The summed E-state index contributed by atoms with van der Waals surface area (Å²) in [6, 6.07) is 0.0630. The van der Waals surface area contributed by atoms with E-state index >= 15 is 0 Å². The molecule has 0 spiro atoms. The molecule has 2 fully saturated rings. The zero-order valence-corrected chi connectivity index (χ0v) is 21.9. The van der Waals surface area contributed by atoms with E-state index in [4.69, 9.17) is 4.74 Å². The lowest BCUT2D eigenvalue weighted by atomic mass is 9.81. The Morgan fingerprint density at radius 2 is 1.76 bits per heavy atom. The molecule has 10 heteroatoms. The van der Waals surface area contributed by atoms with Crippen LogP contribution < -0.4 is 4.72 Å². The molecule has 0 aromatic carbocycles. The maximum atomic E-state index is 13.3. The van der Waals surface area contributed by atoms with E-state index in [0.717, 1.165) is 51.5 Å². The maximum absolute atomic E-state index is 13.3. The molecule has 0 amide bonds. The van der Waals surface area contributed by atoms with Gasteiger partial charge in [-0.2, -0.15) is 13.2 Å². The number of halogens is 3. The molecule has 1 aliphatic carbocycles. The molecule has 34 heavy (non-hydrogen) atoms. The third kappa shape index (κ3) is 7.11. The molecule has 198 valence electrons. The van der Waals surface area contributed by atoms with Crippen LogP contribution in [0.25, 0.3) is 0 Å². The third-order valence-corrected chi connectivity index (χ3v) is 9.36. The van der Waals surface area contributed by atoms with Crippen LogP contribution in [0, 0.1) is 17.3 Å². The Morgan fingerprint density at radius 3 is 2.38 bits per heavy atom. The van der Waals surface area contributed by atoms with Gasteiger partial charge in [-0.3, -0.25) is 4.90 Å². The molecule has 0 radical (unpaired) electrons. The summed E-state index contributed by atoms with van der Waals surface area (Å²) in [6.07, 6.45) is -1.58. The summed E-state index contributed by atoms with van der Waals surface area (Å²) < 4.78 is 74.0. The minimum Gasteiger partial charge on any atom is -0.379 e. The van der Waals surface area contributed by atoms with E-state index in [9.17, 15) is 21.6 Å². The summed E-state index contributed by atoms with van der Waals surface area (Å²) in [7, 11) is -3.75. The standard InChI is InChI=1S/C24H42F3N3O3S/c1-18-21(34(31,32)28-17-19-7-5-8-20(15-19)24(25,26)27)16-22(23(2,3)4)30(18)10-6-9-29-11-13-33-14-12-29/h19-20,22,28H,5-17H2,1-4H3. The molecule has 0 aromatic rings. The monoisotopic (exact) mass is 509 g/mol. The van der Waals surface area contributed by atoms with Crippen molar-refractivity contribution in [2.45, 2.75) is 78.4 Å². The predicted octanol–water partition coefficient (Wildman–Crippen LogP) is 4.35. The molecule has 1 N–H and O–H groups in total. The summed E-state index contributed by atoms with van der Waals surface area (Å²) in [4.78, 5) is 5.00. The van der Waals surface area contributed by atoms with Crippen LogP contribution in [0.2, 0.25) is 0 Å². The van der Waals surface area contributed by atoms with Crippen LogP contribution in [-0.4, -0.2) is 76.4 Å². The van der Waals surface area contributed by atoms with Gasteiger partial charge in [-0.1, -0.05) is 27.2 Å². The Morgan fingerprint density at radius 1 is 1.09 bits per heavy atom. The van der Waals surface area contributed by atoms with Crippen molar-refractivity contribution >= 4 is 10.0 Å². The molecular formula is C24H42F3N3O3S. The number of nitrogens with one attached hydrogen (secondary N) is 1. The molecule has 1 saturated heterocycles. The quantitative estimate of drug-likeness (QED) is 0.527. The van der Waals surface area contributed by atoms with Crippen LogP contribution >= 0.6 is 0 Å². The summed E-state index contributed by atoms with van der Waals surface area (Å²) >= 11 is 0. The molecule has 2 heterocycles. The normalized spacial score (nSPS) is 28.1. The van der Waals surface area contributed by atoms with Crippen molar-refractivity contribution in [1.82, 2.24) is 14.5 Å². The van der Waals surface area contributed by atoms with Gasteiger partial charge in [-0.15, -0.1) is 0 Å². The first kappa shape index (κ1) is 27.7. The van der Waals surface area contributed by atoms with Crippen LogP contribution in [0.15, 0.2) is 10.6 Å². The number of alkyl halides is 3. The second kappa shape index (κ2) is 11.0. The highest BCUT2D eigenvalue weighted by molar-refractivity contribution is 7.93. The number of sulfonamides is 1. The van der Waals surface area contributed by atoms with Crippen molar-refractivity contribution in [1.29, 1.82) is 0 Å². The third-order valence-electron chi connectivity index (χ3n) is 7.70. The van der Waals surface area contributed by atoms with Gasteiger partial charge in [0.25, 0.3) is 0 Å². The van der Waals surface area contributed by atoms with E-state index in [1.54, 1.807) is 0 Å². The summed E-state index contributed by atoms with van der Waals surface area (Å²) in [5, 5.41) is 0. The largest absolute Gasteiger partial charge is 0.391 e. The zero-order valence-electron chi connectivity index (χ0n) is 21.1. The summed E-state index contributed by atoms with van der Waals surface area (Å²) in [5.74, 6) is -1.60. The molecule has 1 saturated carbocycles. The molecule has 3 unspecified atom stereocenters. The first-order chi connectivity index (χ1) is 15.8. The van der Waals surface area contributed by atoms with Crippen molar-refractivity contribution in [2.24, 2.45) is 17.3 Å². The van der Waals surface area contributed by atoms with Crippen LogP contribution in [0.3, 0.4) is 0 Å². The van der Waals surface area contributed by atoms with E-state index in [1.165, 1.54) is 0 Å². The minimum absolute atomic E-state index is 0.00231. The SMILES string of the molecule is CC1=C(S(=O)(=O)NCC2CCCC(C(F)(F)F)C2)CC(C(C)(C)C)N1CCCN1CCOCC1. The van der Waals surface area contributed by atoms with Crippen molar-refractivity contribution < 1.29 is 26.3 Å². The number of morpholine rings is 1. The Labute approximate surface area is 203 Å². The smallest absolute Gasteiger partial charge is 0.379 e. The fourth-order valence-electron chi connectivity index (χ4n) is 5.61. The highest BCUT2D eigenvalue weighted by Gasteiger charge is 2.43. The lowest BCUT2D eigenvalue weighted by Crippen LogP contribution is -2.42. The van der Waals surface area contributed by atoms with E-state index in [1.807, 2.05) is 6.92 Å². The molecule has 3 atom stereocenters. The Balaban J connectivity index is 1.64. The fourth-order valence-corrected chi connectivity index (χ4v) is 7.12. The van der Waals surface area contributed by atoms with E-state index in [-0.39, 0.29) is 36.8 Å². The molecule has 3 rings (SSSR count). The average Bonchev–Trinajstić information content (AvgIpc) is 3.10. The number of allylic oxidation sites excluding steroid dienone is 1. The number of ether oxygens (including phenoxy) is 1. The van der Waals surface area contributed by atoms with Gasteiger partial charge < -0.3 is 9.64 Å². The van der Waals surface area contributed by atoms with Gasteiger partial charge in [0.05, 0.1) is 24.0 Å². The summed E-state index contributed by atoms with van der Waals surface area (Å²) in [5.41, 5.74) is 0.659. The minimum atomic E-state index is -4.20. The van der Waals surface area contributed by atoms with E-state index in [2.05, 4.69) is 35.3 Å². The van der Waals surface area contributed by atoms with Crippen molar-refractivity contribution in [2.75, 3.05) is 45.9 Å². The first-order valence-corrected chi connectivity index (χ1v) is 14.1. The molecule has 3 aliphatic rings. The van der Waals surface area contributed by atoms with Gasteiger partial charge in [-0.05, 0) is 43.9 Å². The van der Waals surface area contributed by atoms with Gasteiger partial charge in [0.15, 0.2) is 0 Å². The van der Waals surface area contributed by atoms with Crippen LogP contribution in [0.1, 0.15) is 66.2 Å². The van der Waals surface area contributed by atoms with Crippen LogP contribution in [0.4, 0.5) is 13.2 Å². The van der Waals surface area contributed by atoms with Crippen molar-refractivity contribution in [3.05, 3.63) is 10.6 Å². The Kier molecular flexibility index (Phi) is 9.02. The number of hydrogen-bond donors (Lipinski definition) is 1. The Hall–Kier alpha value is -0.840. The van der Waals surface area contributed by atoms with Gasteiger partial charge in [0.2, 0.25) is 10.0 Å². The predicted molar refractivity (Wildman–Crippen MR) is 128 cm³/mol. The topological polar surface area (TPSA) is 61.9 Å². The second-order valence-electron chi connectivity index (χ2n) is 11.2. The van der Waals surface area contributed by atoms with Gasteiger partial charge in [0.1, 0.15) is 0 Å². The summed E-state index contributed by atoms with van der Waals surface area (Å²) in [6.45, 7) is 13.4. The molecule has 0 bridgehead atoms. The molecule has 0 aromatic heterocycles. The van der Waals surface area contributed by atoms with Crippen molar-refractivity contribution in [3.63, 3.8) is 0 Å². The average molecular weight is 510 g/mol. The zero-order chi connectivity index (χ0) is 25.1. The van der Waals surface area contributed by atoms with E-state index in [0.29, 0.717) is 24.2 Å². The maximum Gasteiger partial charge on any atom is 0.391 e. The van der Waals surface area contributed by atoms with Crippen LogP contribution in [0.5, 0.6) is 0 Å². The fraction of sp³-hybridized carbons (Fsp3) is 0.917. The number of rotatable bonds is 8. The molecule has 6 nitrogen and oxygen atoms in total. The molecule has 2 aliphatic heterocycles. The van der Waals surface area contributed by atoms with Crippen molar-refractivity contribution in [3.8, 4) is 0 Å². The highest BCUT2D eigenvalue weighted by Crippen LogP contribution is 2.42. The Bertz CT molecular complexity index is 818. The van der Waals surface area contributed by atoms with Crippen LogP contribution in [-0.2, 0) is 14.8 Å². The highest BCUT2D eigenvalue weighted by atomic mass is 32.2. The number of hydrogen-bond acceptors (Lipinski definition) is 5. The van der Waals surface area contributed by atoms with Gasteiger partial charge >= 0.3 is 6.18 Å². The lowest BCUT2D eigenvalue weighted by molar-refractivity contribution is -0.185. The number of nitrogens with zero attached hydrogens (tertiary/aromatic N) is 2. The van der Waals surface area contributed by atoms with E-state index < -0.39 is 22.1 Å². The van der Waals surface area contributed by atoms with Gasteiger partial charge in [-0.25, -0.2) is 13.1 Å². The second-order valence-corrected chi connectivity index (χ2v) is 13.0. The first-order valence-electron chi connectivity index (χ1n) is 12.6. The lowest BCUT2D eigenvalue weighted by Gasteiger charge is -2.38.